The quantitative estimate of drug-likeness (QED) is 0.590. The number of hydrogen-bond donors (Lipinski definition) is 3. The minimum absolute atomic E-state index is 0.653. The Bertz CT molecular complexity index is 437. The van der Waals surface area contributed by atoms with Crippen LogP contribution in [0, 0.1) is 0 Å². The van der Waals surface area contributed by atoms with Gasteiger partial charge < -0.3 is 21.5 Å². The van der Waals surface area contributed by atoms with Gasteiger partial charge in [-0.15, -0.1) is 0 Å². The molecule has 0 aromatic carbocycles. The zero-order chi connectivity index (χ0) is 9.59. The van der Waals surface area contributed by atoms with Gasteiger partial charge in [-0.3, -0.25) is 0 Å². The number of fused-ring (bicyclic) bond motifs is 1. The van der Waals surface area contributed by atoms with Gasteiger partial charge >= 0.3 is 0 Å². The Morgan fingerprint density at radius 1 is 1.31 bits per heavy atom. The summed E-state index contributed by atoms with van der Waals surface area (Å²) >= 11 is 0. The van der Waals surface area contributed by atoms with Crippen molar-refractivity contribution in [1.29, 1.82) is 0 Å². The molecule has 0 unspecified atom stereocenters. The molecule has 0 bridgehead atoms. The summed E-state index contributed by atoms with van der Waals surface area (Å²) in [6, 6.07) is 3.73. The highest BCUT2D eigenvalue weighted by molar-refractivity contribution is 5.85. The Labute approximate surface area is 75.9 Å². The molecule has 0 fully saturated rings. The number of hydrogen-bond acceptors (Lipinski definition) is 3. The summed E-state index contributed by atoms with van der Waals surface area (Å²) in [5.74, 6) is 1.35. The number of aromatic nitrogens is 2. The van der Waals surface area contributed by atoms with Crippen molar-refractivity contribution in [3.8, 4) is 0 Å². The van der Waals surface area contributed by atoms with Gasteiger partial charge in [0, 0.05) is 26.2 Å². The maximum atomic E-state index is 5.81. The van der Waals surface area contributed by atoms with Crippen molar-refractivity contribution in [1.82, 2.24) is 9.66 Å². The zero-order valence-electron chi connectivity index (χ0n) is 7.70. The molecule has 5 nitrogen and oxygen atoms in total. The van der Waals surface area contributed by atoms with Gasteiger partial charge in [-0.05, 0) is 0 Å². The summed E-state index contributed by atoms with van der Waals surface area (Å²) in [6.07, 6.45) is 0. The molecule has 0 atom stereocenters. The summed E-state index contributed by atoms with van der Waals surface area (Å²) in [4.78, 5) is 3.02. The first kappa shape index (κ1) is 7.85. The van der Waals surface area contributed by atoms with E-state index in [1.165, 1.54) is 0 Å². The van der Waals surface area contributed by atoms with Crippen molar-refractivity contribution < 1.29 is 0 Å². The lowest BCUT2D eigenvalue weighted by Crippen LogP contribution is -2.25. The number of H-pyrrole nitrogens is 1. The lowest BCUT2D eigenvalue weighted by molar-refractivity contribution is 0.772. The van der Waals surface area contributed by atoms with E-state index in [-0.39, 0.29) is 0 Å². The molecule has 13 heavy (non-hydrogen) atoms. The molecule has 0 saturated carbocycles. The van der Waals surface area contributed by atoms with Gasteiger partial charge in [0.1, 0.15) is 11.6 Å². The highest BCUT2D eigenvalue weighted by Gasteiger charge is 2.09. The van der Waals surface area contributed by atoms with Crippen LogP contribution in [0.2, 0.25) is 0 Å². The van der Waals surface area contributed by atoms with Gasteiger partial charge in [0.15, 0.2) is 0 Å². The van der Waals surface area contributed by atoms with Crippen LogP contribution < -0.4 is 16.5 Å². The summed E-state index contributed by atoms with van der Waals surface area (Å²) < 4.78 is 1.89. The molecule has 2 aromatic heterocycles. The second kappa shape index (κ2) is 2.35. The van der Waals surface area contributed by atoms with E-state index in [0.717, 1.165) is 11.0 Å². The van der Waals surface area contributed by atoms with Crippen LogP contribution in [0.1, 0.15) is 0 Å². The van der Waals surface area contributed by atoms with Crippen LogP contribution in [0.15, 0.2) is 12.1 Å². The van der Waals surface area contributed by atoms with E-state index >= 15 is 0 Å². The zero-order valence-corrected chi connectivity index (χ0v) is 7.70. The van der Waals surface area contributed by atoms with Crippen LogP contribution in [-0.4, -0.2) is 23.8 Å². The molecule has 5 N–H and O–H groups in total. The van der Waals surface area contributed by atoms with E-state index in [4.69, 9.17) is 11.5 Å². The fourth-order valence-corrected chi connectivity index (χ4v) is 1.56. The van der Waals surface area contributed by atoms with E-state index in [9.17, 15) is 0 Å². The topological polar surface area (TPSA) is 76.0 Å². The second-order valence-corrected chi connectivity index (χ2v) is 3.25. The molecule has 2 rings (SSSR count). The first-order valence-electron chi connectivity index (χ1n) is 4.02. The number of nitrogens with one attached hydrogen (secondary N) is 1. The number of nitrogens with zero attached hydrogens (tertiary/aromatic N) is 2. The van der Waals surface area contributed by atoms with Crippen molar-refractivity contribution in [3.05, 3.63) is 12.1 Å². The molecule has 70 valence electrons. The first-order valence-corrected chi connectivity index (χ1v) is 4.02. The van der Waals surface area contributed by atoms with Gasteiger partial charge in [-0.25, -0.2) is 4.68 Å². The Hall–Kier alpha value is -1.78. The smallest absolute Gasteiger partial charge is 0.125 e. The van der Waals surface area contributed by atoms with Crippen molar-refractivity contribution >= 4 is 22.7 Å². The third-order valence-electron chi connectivity index (χ3n) is 2.01. The Morgan fingerprint density at radius 3 is 2.62 bits per heavy atom. The number of nitrogen functional groups attached to an aromatic ring is 2. The molecule has 2 aromatic rings. The molecule has 5 heteroatoms. The maximum Gasteiger partial charge on any atom is 0.125 e. The minimum atomic E-state index is 0.653. The van der Waals surface area contributed by atoms with Gasteiger partial charge in [0.2, 0.25) is 0 Å². The molecule has 0 spiro atoms. The summed E-state index contributed by atoms with van der Waals surface area (Å²) in [7, 11) is 3.86. The molecule has 0 saturated heterocycles. The Kier molecular flexibility index (Phi) is 1.42. The summed E-state index contributed by atoms with van der Waals surface area (Å²) in [6.45, 7) is 0. The molecule has 0 amide bonds. The van der Waals surface area contributed by atoms with Gasteiger partial charge in [0.05, 0.1) is 11.0 Å². The first-order chi connectivity index (χ1) is 6.09. The number of anilines is 2. The van der Waals surface area contributed by atoms with Crippen molar-refractivity contribution in [2.45, 2.75) is 0 Å². The molecule has 0 aliphatic heterocycles. The number of rotatable bonds is 1. The highest BCUT2D eigenvalue weighted by Crippen LogP contribution is 2.22. The minimum Gasteiger partial charge on any atom is -0.385 e. The van der Waals surface area contributed by atoms with Gasteiger partial charge in [0.25, 0.3) is 0 Å². The Balaban J connectivity index is 2.75. The van der Waals surface area contributed by atoms with Crippen LogP contribution in [0.5, 0.6) is 0 Å². The van der Waals surface area contributed by atoms with E-state index in [0.29, 0.717) is 11.6 Å². The fraction of sp³-hybridized carbons (Fsp3) is 0.250. The van der Waals surface area contributed by atoms with Crippen LogP contribution >= 0.6 is 0 Å². The van der Waals surface area contributed by atoms with E-state index in [2.05, 4.69) is 4.98 Å². The Morgan fingerprint density at radius 2 is 2.00 bits per heavy atom. The van der Waals surface area contributed by atoms with E-state index in [1.54, 1.807) is 0 Å². The molecular formula is C8H13N5. The van der Waals surface area contributed by atoms with E-state index < -0.39 is 0 Å². The normalized spacial score (nSPS) is 10.9. The third kappa shape index (κ3) is 1.00. The number of nitrogens with two attached hydrogens (primary N) is 2. The lowest BCUT2D eigenvalue weighted by atomic mass is 10.5. The standard InChI is InChI=1S/C8H13N5/c1-12(2)13-6-4-7(9)11-5(6)3-8(13)10/h3-4,11H,9-10H2,1-2H3. The van der Waals surface area contributed by atoms with E-state index in [1.807, 2.05) is 35.9 Å². The van der Waals surface area contributed by atoms with Crippen LogP contribution in [0.25, 0.3) is 11.0 Å². The van der Waals surface area contributed by atoms with Crippen molar-refractivity contribution in [2.24, 2.45) is 0 Å². The van der Waals surface area contributed by atoms with Gasteiger partial charge in [-0.1, -0.05) is 0 Å². The predicted octanol–water partition coefficient (Wildman–Crippen LogP) is 0.331. The van der Waals surface area contributed by atoms with Crippen LogP contribution in [0.3, 0.4) is 0 Å². The maximum absolute atomic E-state index is 5.81. The highest BCUT2D eigenvalue weighted by atomic mass is 15.5. The molecule has 0 radical (unpaired) electrons. The second-order valence-electron chi connectivity index (χ2n) is 3.25. The van der Waals surface area contributed by atoms with Crippen molar-refractivity contribution in [2.75, 3.05) is 30.6 Å². The van der Waals surface area contributed by atoms with Gasteiger partial charge in [-0.2, -0.15) is 0 Å². The fourth-order valence-electron chi connectivity index (χ4n) is 1.56. The molecule has 0 aliphatic rings. The summed E-state index contributed by atoms with van der Waals surface area (Å²) in [5, 5.41) is 1.91. The van der Waals surface area contributed by atoms with Crippen molar-refractivity contribution in [3.63, 3.8) is 0 Å². The SMILES string of the molecule is CN(C)n1c(N)cc2[nH]c(N)cc21. The predicted molar refractivity (Wildman–Crippen MR) is 55.2 cm³/mol. The molecule has 2 heterocycles. The van der Waals surface area contributed by atoms with Crippen LogP contribution in [0.4, 0.5) is 11.6 Å². The van der Waals surface area contributed by atoms with Crippen LogP contribution in [-0.2, 0) is 0 Å². The molecule has 0 aliphatic carbocycles. The largest absolute Gasteiger partial charge is 0.385 e. The third-order valence-corrected chi connectivity index (χ3v) is 2.01. The summed E-state index contributed by atoms with van der Waals surface area (Å²) in [5.41, 5.74) is 13.4. The monoisotopic (exact) mass is 179 g/mol. The lowest BCUT2D eigenvalue weighted by Gasteiger charge is -2.16. The average molecular weight is 179 g/mol. The molecular weight excluding hydrogens is 166 g/mol. The average Bonchev–Trinajstić information content (AvgIpc) is 2.41. The number of aromatic amines is 1.